The highest BCUT2D eigenvalue weighted by Gasteiger charge is 2.05. The van der Waals surface area contributed by atoms with Crippen molar-refractivity contribution in [1.29, 1.82) is 0 Å². The van der Waals surface area contributed by atoms with Crippen molar-refractivity contribution < 1.29 is 4.74 Å². The van der Waals surface area contributed by atoms with Crippen molar-refractivity contribution in [3.05, 3.63) is 17.4 Å². The SMILES string of the molecule is CN(C)CCCOc1ccc2nnc(Cl)n2n1. The van der Waals surface area contributed by atoms with Gasteiger partial charge in [0.05, 0.1) is 6.61 Å². The molecule has 0 saturated heterocycles. The first-order valence-electron chi connectivity index (χ1n) is 5.32. The van der Waals surface area contributed by atoms with E-state index in [0.29, 0.717) is 18.1 Å². The monoisotopic (exact) mass is 255 g/mol. The van der Waals surface area contributed by atoms with Gasteiger partial charge < -0.3 is 9.64 Å². The molecular formula is C10H14ClN5O. The van der Waals surface area contributed by atoms with E-state index >= 15 is 0 Å². The van der Waals surface area contributed by atoms with Gasteiger partial charge in [-0.2, -0.15) is 4.52 Å². The van der Waals surface area contributed by atoms with Crippen LogP contribution in [-0.2, 0) is 0 Å². The quantitative estimate of drug-likeness (QED) is 0.749. The molecule has 2 aromatic rings. The second-order valence-corrected chi connectivity index (χ2v) is 4.25. The van der Waals surface area contributed by atoms with Crippen LogP contribution >= 0.6 is 11.6 Å². The van der Waals surface area contributed by atoms with E-state index in [9.17, 15) is 0 Å². The van der Waals surface area contributed by atoms with Crippen molar-refractivity contribution in [2.75, 3.05) is 27.2 Å². The smallest absolute Gasteiger partial charge is 0.246 e. The highest BCUT2D eigenvalue weighted by atomic mass is 35.5. The standard InChI is InChI=1S/C10H14ClN5O/c1-15(2)6-3-7-17-9-5-4-8-12-13-10(11)16(8)14-9/h4-5H,3,6-7H2,1-2H3. The molecule has 92 valence electrons. The third kappa shape index (κ3) is 3.04. The second kappa shape index (κ2) is 5.29. The molecule has 0 aliphatic heterocycles. The van der Waals surface area contributed by atoms with Crippen LogP contribution in [0.25, 0.3) is 5.65 Å². The lowest BCUT2D eigenvalue weighted by atomic mass is 10.4. The number of aromatic nitrogens is 4. The third-order valence-electron chi connectivity index (χ3n) is 2.20. The summed E-state index contributed by atoms with van der Waals surface area (Å²) in [5.74, 6) is 0.526. The van der Waals surface area contributed by atoms with Crippen LogP contribution in [0.5, 0.6) is 5.88 Å². The minimum Gasteiger partial charge on any atom is -0.477 e. The molecule has 0 atom stereocenters. The molecule has 0 aliphatic carbocycles. The number of hydrogen-bond acceptors (Lipinski definition) is 5. The van der Waals surface area contributed by atoms with E-state index in [2.05, 4.69) is 20.2 Å². The maximum absolute atomic E-state index is 5.81. The minimum absolute atomic E-state index is 0.235. The molecule has 0 aromatic carbocycles. The molecule has 0 bridgehead atoms. The Balaban J connectivity index is 1.97. The molecule has 7 heteroatoms. The normalized spacial score (nSPS) is 11.3. The Morgan fingerprint density at radius 3 is 2.94 bits per heavy atom. The van der Waals surface area contributed by atoms with Crippen LogP contribution in [0.2, 0.25) is 5.28 Å². The van der Waals surface area contributed by atoms with Crippen molar-refractivity contribution in [2.24, 2.45) is 0 Å². The van der Waals surface area contributed by atoms with E-state index in [1.807, 2.05) is 14.1 Å². The Hall–Kier alpha value is -1.40. The molecule has 0 spiro atoms. The lowest BCUT2D eigenvalue weighted by molar-refractivity contribution is 0.270. The Labute approximate surface area is 104 Å². The van der Waals surface area contributed by atoms with Gasteiger partial charge in [0, 0.05) is 12.6 Å². The van der Waals surface area contributed by atoms with E-state index in [0.717, 1.165) is 13.0 Å². The molecule has 2 rings (SSSR count). The number of fused-ring (bicyclic) bond motifs is 1. The van der Waals surface area contributed by atoms with E-state index in [1.54, 1.807) is 12.1 Å². The molecule has 0 unspecified atom stereocenters. The fourth-order valence-electron chi connectivity index (χ4n) is 1.38. The summed E-state index contributed by atoms with van der Waals surface area (Å²) < 4.78 is 6.96. The molecule has 17 heavy (non-hydrogen) atoms. The minimum atomic E-state index is 0.235. The van der Waals surface area contributed by atoms with Gasteiger partial charge >= 0.3 is 0 Å². The third-order valence-corrected chi connectivity index (χ3v) is 2.44. The first-order chi connectivity index (χ1) is 8.16. The largest absolute Gasteiger partial charge is 0.477 e. The van der Waals surface area contributed by atoms with Crippen LogP contribution in [0.3, 0.4) is 0 Å². The lowest BCUT2D eigenvalue weighted by Gasteiger charge is -2.09. The van der Waals surface area contributed by atoms with Crippen LogP contribution < -0.4 is 4.74 Å². The van der Waals surface area contributed by atoms with Gasteiger partial charge in [-0.15, -0.1) is 15.3 Å². The fourth-order valence-corrected chi connectivity index (χ4v) is 1.54. The Bertz CT molecular complexity index is 498. The lowest BCUT2D eigenvalue weighted by Crippen LogP contribution is -2.15. The van der Waals surface area contributed by atoms with Gasteiger partial charge in [0.1, 0.15) is 0 Å². The van der Waals surface area contributed by atoms with Gasteiger partial charge in [0.2, 0.25) is 11.2 Å². The van der Waals surface area contributed by atoms with E-state index in [4.69, 9.17) is 16.3 Å². The Morgan fingerprint density at radius 2 is 2.18 bits per heavy atom. The zero-order valence-corrected chi connectivity index (χ0v) is 10.6. The maximum Gasteiger partial charge on any atom is 0.246 e. The van der Waals surface area contributed by atoms with Gasteiger partial charge in [0.15, 0.2) is 5.65 Å². The summed E-state index contributed by atoms with van der Waals surface area (Å²) in [6, 6.07) is 3.53. The second-order valence-electron chi connectivity index (χ2n) is 3.92. The molecule has 0 fully saturated rings. The summed E-state index contributed by atoms with van der Waals surface area (Å²) >= 11 is 5.81. The van der Waals surface area contributed by atoms with Crippen LogP contribution in [0.1, 0.15) is 6.42 Å². The zero-order chi connectivity index (χ0) is 12.3. The highest BCUT2D eigenvalue weighted by Crippen LogP contribution is 2.11. The van der Waals surface area contributed by atoms with E-state index in [-0.39, 0.29) is 5.28 Å². The summed E-state index contributed by atoms with van der Waals surface area (Å²) in [7, 11) is 4.06. The zero-order valence-electron chi connectivity index (χ0n) is 9.80. The molecule has 0 amide bonds. The predicted octanol–water partition coefficient (Wildman–Crippen LogP) is 1.11. The van der Waals surface area contributed by atoms with E-state index < -0.39 is 0 Å². The van der Waals surface area contributed by atoms with Gasteiger partial charge in [-0.25, -0.2) is 0 Å². The average Bonchev–Trinajstić information content (AvgIpc) is 2.66. The molecule has 0 N–H and O–H groups in total. The summed E-state index contributed by atoms with van der Waals surface area (Å²) in [6.45, 7) is 1.60. The van der Waals surface area contributed by atoms with Crippen molar-refractivity contribution >= 4 is 17.2 Å². The highest BCUT2D eigenvalue weighted by molar-refractivity contribution is 6.28. The summed E-state index contributed by atoms with van der Waals surface area (Å²) in [5, 5.41) is 12.0. The Kier molecular flexibility index (Phi) is 3.75. The molecule has 2 aromatic heterocycles. The molecular weight excluding hydrogens is 242 g/mol. The van der Waals surface area contributed by atoms with Crippen LogP contribution in [0.15, 0.2) is 12.1 Å². The van der Waals surface area contributed by atoms with Crippen LogP contribution in [0.4, 0.5) is 0 Å². The van der Waals surface area contributed by atoms with Gasteiger partial charge in [0.25, 0.3) is 0 Å². The first-order valence-corrected chi connectivity index (χ1v) is 5.70. The van der Waals surface area contributed by atoms with Gasteiger partial charge in [-0.05, 0) is 38.2 Å². The molecule has 0 saturated carbocycles. The summed E-state index contributed by atoms with van der Waals surface area (Å²) in [6.07, 6.45) is 0.947. The molecule has 0 aliphatic rings. The molecule has 6 nitrogen and oxygen atoms in total. The van der Waals surface area contributed by atoms with Crippen molar-refractivity contribution in [3.8, 4) is 5.88 Å². The molecule has 0 radical (unpaired) electrons. The van der Waals surface area contributed by atoms with Gasteiger partial charge in [-0.1, -0.05) is 0 Å². The first kappa shape index (κ1) is 12.1. The van der Waals surface area contributed by atoms with Crippen LogP contribution in [0, 0.1) is 0 Å². The van der Waals surface area contributed by atoms with Crippen molar-refractivity contribution in [2.45, 2.75) is 6.42 Å². The van der Waals surface area contributed by atoms with E-state index in [1.165, 1.54) is 4.52 Å². The number of nitrogens with zero attached hydrogens (tertiary/aromatic N) is 5. The summed E-state index contributed by atoms with van der Waals surface area (Å²) in [5.41, 5.74) is 0.607. The van der Waals surface area contributed by atoms with Crippen LogP contribution in [-0.4, -0.2) is 52.0 Å². The summed E-state index contributed by atoms with van der Waals surface area (Å²) in [4.78, 5) is 2.11. The topological polar surface area (TPSA) is 55.5 Å². The fraction of sp³-hybridized carbons (Fsp3) is 0.500. The maximum atomic E-state index is 5.81. The average molecular weight is 256 g/mol. The number of rotatable bonds is 5. The van der Waals surface area contributed by atoms with Crippen molar-refractivity contribution in [3.63, 3.8) is 0 Å². The Morgan fingerprint density at radius 1 is 1.35 bits per heavy atom. The van der Waals surface area contributed by atoms with Gasteiger partial charge in [-0.3, -0.25) is 0 Å². The number of hydrogen-bond donors (Lipinski definition) is 0. The number of halogens is 1. The van der Waals surface area contributed by atoms with Crippen molar-refractivity contribution in [1.82, 2.24) is 24.7 Å². The molecule has 2 heterocycles. The predicted molar refractivity (Wildman–Crippen MR) is 64.5 cm³/mol. The number of ether oxygens (including phenoxy) is 1.